The molecule has 0 atom stereocenters. The van der Waals surface area contributed by atoms with Crippen molar-refractivity contribution in [3.05, 3.63) is 101 Å². The number of nitrogens with one attached hydrogen (secondary N) is 1. The van der Waals surface area contributed by atoms with Gasteiger partial charge in [0.15, 0.2) is 0 Å². The largest absolute Gasteiger partial charge is 0.507 e. The molecule has 4 rings (SSSR count). The number of hydrogen-bond acceptors (Lipinski definition) is 6. The number of fused-ring (bicyclic) bond motifs is 1. The van der Waals surface area contributed by atoms with E-state index in [2.05, 4.69) is 5.32 Å². The monoisotopic (exact) mass is 506 g/mol. The number of carboxylic acids is 1. The fourth-order valence-electron chi connectivity index (χ4n) is 3.77. The summed E-state index contributed by atoms with van der Waals surface area (Å²) >= 11 is 0. The summed E-state index contributed by atoms with van der Waals surface area (Å²) in [6.07, 6.45) is 0.151. The first-order valence-electron chi connectivity index (χ1n) is 10.7. The predicted octanol–water partition coefficient (Wildman–Crippen LogP) is 3.12. The molecule has 0 unspecified atom stereocenters. The molecule has 36 heavy (non-hydrogen) atoms. The molecule has 0 aliphatic carbocycles. The molecule has 0 bridgehead atoms. The van der Waals surface area contributed by atoms with E-state index in [1.54, 1.807) is 36.4 Å². The second-order valence-corrected chi connectivity index (χ2v) is 9.77. The molecule has 0 aliphatic heterocycles. The summed E-state index contributed by atoms with van der Waals surface area (Å²) in [5, 5.41) is 39.1. The number of aromatic hydroxyl groups is 2. The average Bonchev–Trinajstić information content (AvgIpc) is 2.85. The van der Waals surface area contributed by atoms with Crippen molar-refractivity contribution < 1.29 is 33.3 Å². The Balaban J connectivity index is 1.55. The number of primary sulfonamides is 1. The number of amides is 1. The van der Waals surface area contributed by atoms with Crippen LogP contribution in [0.1, 0.15) is 37.4 Å². The third kappa shape index (κ3) is 5.29. The van der Waals surface area contributed by atoms with Crippen molar-refractivity contribution >= 4 is 32.7 Å². The molecule has 0 saturated carbocycles. The van der Waals surface area contributed by atoms with Gasteiger partial charge in [0.2, 0.25) is 10.0 Å². The molecule has 4 aromatic carbocycles. The molecule has 0 saturated heterocycles. The van der Waals surface area contributed by atoms with Gasteiger partial charge in [-0.1, -0.05) is 30.3 Å². The van der Waals surface area contributed by atoms with Gasteiger partial charge in [-0.15, -0.1) is 0 Å². The van der Waals surface area contributed by atoms with Crippen LogP contribution in [0.2, 0.25) is 0 Å². The molecule has 1 amide bonds. The van der Waals surface area contributed by atoms with Crippen LogP contribution in [0, 0.1) is 0 Å². The number of rotatable bonds is 7. The van der Waals surface area contributed by atoms with Gasteiger partial charge >= 0.3 is 5.97 Å². The molecule has 4 aromatic rings. The van der Waals surface area contributed by atoms with Crippen LogP contribution in [0.3, 0.4) is 0 Å². The van der Waals surface area contributed by atoms with Crippen LogP contribution >= 0.6 is 0 Å². The number of phenols is 2. The number of carbonyl (C=O) groups excluding carboxylic acids is 1. The number of sulfonamides is 1. The van der Waals surface area contributed by atoms with Crippen molar-refractivity contribution in [1.29, 1.82) is 0 Å². The van der Waals surface area contributed by atoms with Gasteiger partial charge in [-0.3, -0.25) is 4.79 Å². The van der Waals surface area contributed by atoms with Crippen molar-refractivity contribution in [3.8, 4) is 11.5 Å². The Morgan fingerprint density at radius 2 is 1.44 bits per heavy atom. The lowest BCUT2D eigenvalue weighted by Gasteiger charge is -2.13. The molecule has 0 spiro atoms. The minimum atomic E-state index is -3.80. The SMILES string of the molecule is NS(=O)(=O)c1ccc(CNC(=O)c2ccc3cc(O)c(Cc4ccc(C(=O)O)cc4)c(O)c3c2)cc1. The molecular formula is C26H22N2O7S. The van der Waals surface area contributed by atoms with Crippen LogP contribution < -0.4 is 10.5 Å². The maximum absolute atomic E-state index is 12.7. The molecule has 9 nitrogen and oxygen atoms in total. The molecule has 0 aromatic heterocycles. The Hall–Kier alpha value is -4.41. The molecule has 0 heterocycles. The summed E-state index contributed by atoms with van der Waals surface area (Å²) in [7, 11) is -3.80. The second kappa shape index (κ2) is 9.68. The first kappa shape index (κ1) is 24.7. The lowest BCUT2D eigenvalue weighted by atomic mass is 9.96. The van der Waals surface area contributed by atoms with Gasteiger partial charge in [-0.05, 0) is 59.0 Å². The van der Waals surface area contributed by atoms with Crippen LogP contribution in [-0.4, -0.2) is 35.6 Å². The normalized spacial score (nSPS) is 11.4. The third-order valence-electron chi connectivity index (χ3n) is 5.74. The number of phenolic OH excluding ortho intramolecular Hbond substituents is 2. The van der Waals surface area contributed by atoms with E-state index in [9.17, 15) is 28.2 Å². The Morgan fingerprint density at radius 3 is 2.06 bits per heavy atom. The van der Waals surface area contributed by atoms with E-state index in [0.717, 1.165) is 0 Å². The van der Waals surface area contributed by atoms with E-state index in [4.69, 9.17) is 10.2 Å². The molecule has 184 valence electrons. The second-order valence-electron chi connectivity index (χ2n) is 8.21. The van der Waals surface area contributed by atoms with Gasteiger partial charge in [0.1, 0.15) is 11.5 Å². The van der Waals surface area contributed by atoms with Crippen LogP contribution in [0.15, 0.2) is 77.7 Å². The predicted molar refractivity (Wildman–Crippen MR) is 132 cm³/mol. The fraction of sp³-hybridized carbons (Fsp3) is 0.0769. The Labute approximate surface area is 206 Å². The highest BCUT2D eigenvalue weighted by Crippen LogP contribution is 2.37. The Bertz CT molecular complexity index is 1580. The van der Waals surface area contributed by atoms with E-state index in [1.807, 2.05) is 0 Å². The number of carbonyl (C=O) groups is 2. The number of benzene rings is 4. The number of nitrogens with two attached hydrogens (primary N) is 1. The molecule has 0 aliphatic rings. The van der Waals surface area contributed by atoms with Gasteiger partial charge in [0.05, 0.1) is 10.5 Å². The Morgan fingerprint density at radius 1 is 0.833 bits per heavy atom. The van der Waals surface area contributed by atoms with E-state index in [0.29, 0.717) is 21.9 Å². The van der Waals surface area contributed by atoms with Gasteiger partial charge in [-0.2, -0.15) is 0 Å². The fourth-order valence-corrected chi connectivity index (χ4v) is 4.29. The van der Waals surface area contributed by atoms with Crippen molar-refractivity contribution in [2.24, 2.45) is 5.14 Å². The van der Waals surface area contributed by atoms with Crippen molar-refractivity contribution in [2.75, 3.05) is 0 Å². The van der Waals surface area contributed by atoms with E-state index < -0.39 is 21.9 Å². The summed E-state index contributed by atoms with van der Waals surface area (Å²) in [5.41, 5.74) is 2.01. The van der Waals surface area contributed by atoms with Crippen LogP contribution in [0.4, 0.5) is 0 Å². The number of carboxylic acid groups (broad SMARTS) is 1. The smallest absolute Gasteiger partial charge is 0.335 e. The van der Waals surface area contributed by atoms with Crippen molar-refractivity contribution in [3.63, 3.8) is 0 Å². The summed E-state index contributed by atoms with van der Waals surface area (Å²) in [6.45, 7) is 0.140. The molecule has 10 heteroatoms. The van der Waals surface area contributed by atoms with E-state index in [-0.39, 0.29) is 46.1 Å². The standard InChI is InChI=1S/C26H22N2O7S/c27-36(34,35)20-9-3-16(4-10-20)14-28-25(31)19-8-7-18-13-23(29)22(24(30)21(18)12-19)11-15-1-5-17(6-2-15)26(32)33/h1-10,12-13,29-30H,11,14H2,(H,28,31)(H,32,33)(H2,27,34,35). The van der Waals surface area contributed by atoms with Crippen LogP contribution in [0.25, 0.3) is 10.8 Å². The topological polar surface area (TPSA) is 167 Å². The first-order valence-corrected chi connectivity index (χ1v) is 12.3. The maximum Gasteiger partial charge on any atom is 0.335 e. The van der Waals surface area contributed by atoms with Crippen LogP contribution in [-0.2, 0) is 23.0 Å². The molecule has 6 N–H and O–H groups in total. The van der Waals surface area contributed by atoms with Gasteiger partial charge < -0.3 is 20.6 Å². The summed E-state index contributed by atoms with van der Waals surface area (Å²) < 4.78 is 22.7. The summed E-state index contributed by atoms with van der Waals surface area (Å²) in [5.74, 6) is -1.77. The number of aromatic carboxylic acids is 1. The molecular weight excluding hydrogens is 484 g/mol. The van der Waals surface area contributed by atoms with Crippen molar-refractivity contribution in [1.82, 2.24) is 5.32 Å². The highest BCUT2D eigenvalue weighted by molar-refractivity contribution is 7.89. The van der Waals surface area contributed by atoms with Gasteiger partial charge in [-0.25, -0.2) is 18.4 Å². The van der Waals surface area contributed by atoms with Gasteiger partial charge in [0.25, 0.3) is 5.91 Å². The quantitative estimate of drug-likeness (QED) is 0.257. The van der Waals surface area contributed by atoms with Gasteiger partial charge in [0, 0.05) is 29.5 Å². The Kier molecular flexibility index (Phi) is 6.65. The lowest BCUT2D eigenvalue weighted by Crippen LogP contribution is -2.22. The van der Waals surface area contributed by atoms with Crippen molar-refractivity contribution in [2.45, 2.75) is 17.9 Å². The molecule has 0 fully saturated rings. The lowest BCUT2D eigenvalue weighted by molar-refractivity contribution is 0.0696. The maximum atomic E-state index is 12.7. The highest BCUT2D eigenvalue weighted by atomic mass is 32.2. The zero-order valence-electron chi connectivity index (χ0n) is 18.8. The molecule has 0 radical (unpaired) electrons. The van der Waals surface area contributed by atoms with E-state index >= 15 is 0 Å². The third-order valence-corrected chi connectivity index (χ3v) is 6.67. The highest BCUT2D eigenvalue weighted by Gasteiger charge is 2.16. The minimum absolute atomic E-state index is 0.0283. The van der Waals surface area contributed by atoms with Crippen LogP contribution in [0.5, 0.6) is 11.5 Å². The first-order chi connectivity index (χ1) is 17.0. The summed E-state index contributed by atoms with van der Waals surface area (Å²) in [4.78, 5) is 23.7. The zero-order chi connectivity index (χ0) is 26.0. The average molecular weight is 507 g/mol. The van der Waals surface area contributed by atoms with E-state index in [1.165, 1.54) is 36.4 Å². The number of hydrogen-bond donors (Lipinski definition) is 5. The zero-order valence-corrected chi connectivity index (χ0v) is 19.6. The minimum Gasteiger partial charge on any atom is -0.507 e. The summed E-state index contributed by atoms with van der Waals surface area (Å²) in [6, 6.07) is 18.1.